The van der Waals surface area contributed by atoms with E-state index in [4.69, 9.17) is 16.7 Å². The maximum atomic E-state index is 12.0. The molecule has 1 amide bonds. The minimum absolute atomic E-state index is 0.0382. The maximum absolute atomic E-state index is 12.0. The molecule has 1 aromatic carbocycles. The van der Waals surface area contributed by atoms with Crippen molar-refractivity contribution in [3.8, 4) is 0 Å². The molecule has 0 aromatic heterocycles. The number of nitrogens with one attached hydrogen (secondary N) is 1. The second-order valence-corrected chi connectivity index (χ2v) is 4.72. The minimum atomic E-state index is -0.192. The van der Waals surface area contributed by atoms with Crippen LogP contribution in [0.4, 0.5) is 0 Å². The average Bonchev–Trinajstić information content (AvgIpc) is 2.28. The second-order valence-electron chi connectivity index (χ2n) is 4.32. The van der Waals surface area contributed by atoms with Gasteiger partial charge in [0.15, 0.2) is 0 Å². The first-order chi connectivity index (χ1) is 8.06. The van der Waals surface area contributed by atoms with Crippen LogP contribution in [0.3, 0.4) is 0 Å². The van der Waals surface area contributed by atoms with Gasteiger partial charge in [-0.05, 0) is 24.5 Å². The van der Waals surface area contributed by atoms with E-state index < -0.39 is 0 Å². The molecular formula is C13H18ClNO2. The zero-order valence-electron chi connectivity index (χ0n) is 10.1. The highest BCUT2D eigenvalue weighted by Crippen LogP contribution is 2.15. The van der Waals surface area contributed by atoms with E-state index in [1.165, 1.54) is 0 Å². The molecule has 4 heteroatoms. The van der Waals surface area contributed by atoms with Crippen LogP contribution in [-0.2, 0) is 0 Å². The van der Waals surface area contributed by atoms with Crippen LogP contribution in [0, 0.1) is 5.92 Å². The summed E-state index contributed by atoms with van der Waals surface area (Å²) in [7, 11) is 0. The summed E-state index contributed by atoms with van der Waals surface area (Å²) in [5.74, 6) is 0.0799. The first-order valence-corrected chi connectivity index (χ1v) is 6.10. The summed E-state index contributed by atoms with van der Waals surface area (Å²) in [5.41, 5.74) is 0.470. The standard InChI is InChI=1S/C13H18ClNO2/c1-9(2)12(7-8-16)15-13(17)10-5-3-4-6-11(10)14/h3-6,9,12,16H,7-8H2,1-2H3,(H,15,17). The first kappa shape index (κ1) is 14.0. The van der Waals surface area contributed by atoms with Crippen molar-refractivity contribution in [3.05, 3.63) is 34.9 Å². The Hall–Kier alpha value is -1.06. The lowest BCUT2D eigenvalue weighted by Crippen LogP contribution is -2.39. The van der Waals surface area contributed by atoms with Gasteiger partial charge in [0.1, 0.15) is 0 Å². The van der Waals surface area contributed by atoms with E-state index in [9.17, 15) is 4.79 Å². The number of benzene rings is 1. The highest BCUT2D eigenvalue weighted by Gasteiger charge is 2.17. The van der Waals surface area contributed by atoms with Gasteiger partial charge in [-0.25, -0.2) is 0 Å². The zero-order chi connectivity index (χ0) is 12.8. The van der Waals surface area contributed by atoms with Crippen molar-refractivity contribution in [2.24, 2.45) is 5.92 Å². The quantitative estimate of drug-likeness (QED) is 0.849. The summed E-state index contributed by atoms with van der Waals surface area (Å²) in [4.78, 5) is 12.0. The predicted octanol–water partition coefficient (Wildman–Crippen LogP) is 2.48. The van der Waals surface area contributed by atoms with Gasteiger partial charge in [0.25, 0.3) is 5.91 Å². The van der Waals surface area contributed by atoms with Crippen molar-refractivity contribution in [1.82, 2.24) is 5.32 Å². The van der Waals surface area contributed by atoms with Crippen molar-refractivity contribution in [1.29, 1.82) is 0 Å². The molecule has 0 aliphatic carbocycles. The van der Waals surface area contributed by atoms with E-state index in [0.29, 0.717) is 17.0 Å². The monoisotopic (exact) mass is 255 g/mol. The van der Waals surface area contributed by atoms with Crippen molar-refractivity contribution in [3.63, 3.8) is 0 Å². The molecule has 1 rings (SSSR count). The molecule has 1 unspecified atom stereocenters. The summed E-state index contributed by atoms with van der Waals surface area (Å²) < 4.78 is 0. The Kier molecular flexibility index (Phi) is 5.45. The number of hydrogen-bond donors (Lipinski definition) is 2. The molecule has 0 saturated carbocycles. The Morgan fingerprint density at radius 1 is 1.41 bits per heavy atom. The third-order valence-corrected chi connectivity index (χ3v) is 3.01. The molecule has 1 aromatic rings. The molecule has 0 saturated heterocycles. The number of hydrogen-bond acceptors (Lipinski definition) is 2. The lowest BCUT2D eigenvalue weighted by molar-refractivity contribution is 0.0917. The van der Waals surface area contributed by atoms with Gasteiger partial charge in [-0.3, -0.25) is 4.79 Å². The SMILES string of the molecule is CC(C)C(CCO)NC(=O)c1ccccc1Cl. The Morgan fingerprint density at radius 2 is 2.06 bits per heavy atom. The van der Waals surface area contributed by atoms with Crippen LogP contribution in [0.25, 0.3) is 0 Å². The third kappa shape index (κ3) is 4.02. The molecule has 0 fully saturated rings. The van der Waals surface area contributed by atoms with Crippen molar-refractivity contribution < 1.29 is 9.90 Å². The fourth-order valence-corrected chi connectivity index (χ4v) is 1.82. The van der Waals surface area contributed by atoms with Crippen molar-refractivity contribution in [2.45, 2.75) is 26.3 Å². The number of carbonyl (C=O) groups excluding carboxylic acids is 1. The summed E-state index contributed by atoms with van der Waals surface area (Å²) >= 11 is 5.95. The molecule has 0 heterocycles. The van der Waals surface area contributed by atoms with Gasteiger partial charge in [-0.1, -0.05) is 37.6 Å². The normalized spacial score (nSPS) is 12.5. The van der Waals surface area contributed by atoms with Crippen molar-refractivity contribution in [2.75, 3.05) is 6.61 Å². The van der Waals surface area contributed by atoms with E-state index in [1.54, 1.807) is 24.3 Å². The Morgan fingerprint density at radius 3 is 2.59 bits per heavy atom. The summed E-state index contributed by atoms with van der Waals surface area (Å²) in [6.45, 7) is 4.08. The van der Waals surface area contributed by atoms with Gasteiger partial charge in [-0.2, -0.15) is 0 Å². The first-order valence-electron chi connectivity index (χ1n) is 5.72. The number of carbonyl (C=O) groups is 1. The molecule has 94 valence electrons. The fraction of sp³-hybridized carbons (Fsp3) is 0.462. The fourth-order valence-electron chi connectivity index (χ4n) is 1.60. The minimum Gasteiger partial charge on any atom is -0.396 e. The molecule has 3 nitrogen and oxygen atoms in total. The Bertz CT molecular complexity index is 379. The molecular weight excluding hydrogens is 238 g/mol. The smallest absolute Gasteiger partial charge is 0.253 e. The third-order valence-electron chi connectivity index (χ3n) is 2.68. The zero-order valence-corrected chi connectivity index (χ0v) is 10.9. The van der Waals surface area contributed by atoms with Gasteiger partial charge in [-0.15, -0.1) is 0 Å². The van der Waals surface area contributed by atoms with E-state index >= 15 is 0 Å². The van der Waals surface area contributed by atoms with E-state index in [1.807, 2.05) is 13.8 Å². The lowest BCUT2D eigenvalue weighted by atomic mass is 10.0. The summed E-state index contributed by atoms with van der Waals surface area (Å²) in [6.07, 6.45) is 0.549. The maximum Gasteiger partial charge on any atom is 0.253 e. The number of aliphatic hydroxyl groups excluding tert-OH is 1. The Balaban J connectivity index is 2.74. The van der Waals surface area contributed by atoms with Gasteiger partial charge < -0.3 is 10.4 Å². The summed E-state index contributed by atoms with van der Waals surface area (Å²) in [6, 6.07) is 6.90. The second kappa shape index (κ2) is 6.62. The number of halogens is 1. The highest BCUT2D eigenvalue weighted by atomic mass is 35.5. The van der Waals surface area contributed by atoms with E-state index in [-0.39, 0.29) is 24.5 Å². The van der Waals surface area contributed by atoms with Crippen LogP contribution < -0.4 is 5.32 Å². The van der Waals surface area contributed by atoms with Gasteiger partial charge in [0.05, 0.1) is 10.6 Å². The summed E-state index contributed by atoms with van der Waals surface area (Å²) in [5, 5.41) is 12.3. The largest absolute Gasteiger partial charge is 0.396 e. The van der Waals surface area contributed by atoms with Crippen LogP contribution >= 0.6 is 11.6 Å². The van der Waals surface area contributed by atoms with E-state index in [0.717, 1.165) is 0 Å². The Labute approximate surface area is 107 Å². The van der Waals surface area contributed by atoms with Crippen LogP contribution in [0.1, 0.15) is 30.6 Å². The molecule has 0 radical (unpaired) electrons. The van der Waals surface area contributed by atoms with E-state index in [2.05, 4.69) is 5.32 Å². The van der Waals surface area contributed by atoms with Gasteiger partial charge in [0.2, 0.25) is 0 Å². The molecule has 0 aliphatic rings. The molecule has 1 atom stereocenters. The van der Waals surface area contributed by atoms with Gasteiger partial charge >= 0.3 is 0 Å². The van der Waals surface area contributed by atoms with Gasteiger partial charge in [0, 0.05) is 12.6 Å². The molecule has 17 heavy (non-hydrogen) atoms. The molecule has 0 aliphatic heterocycles. The lowest BCUT2D eigenvalue weighted by Gasteiger charge is -2.21. The van der Waals surface area contributed by atoms with Crippen LogP contribution in [-0.4, -0.2) is 23.7 Å². The molecule has 0 spiro atoms. The predicted molar refractivity (Wildman–Crippen MR) is 69.2 cm³/mol. The number of rotatable bonds is 5. The molecule has 0 bridgehead atoms. The average molecular weight is 256 g/mol. The van der Waals surface area contributed by atoms with Crippen molar-refractivity contribution >= 4 is 17.5 Å². The number of amides is 1. The topological polar surface area (TPSA) is 49.3 Å². The number of aliphatic hydroxyl groups is 1. The van der Waals surface area contributed by atoms with Crippen LogP contribution in [0.5, 0.6) is 0 Å². The molecule has 2 N–H and O–H groups in total. The van der Waals surface area contributed by atoms with Crippen LogP contribution in [0.15, 0.2) is 24.3 Å². The highest BCUT2D eigenvalue weighted by molar-refractivity contribution is 6.33. The van der Waals surface area contributed by atoms with Crippen LogP contribution in [0.2, 0.25) is 5.02 Å².